The average Bonchev–Trinajstić information content (AvgIpc) is 3.42. The van der Waals surface area contributed by atoms with E-state index < -0.39 is 10.0 Å². The van der Waals surface area contributed by atoms with Crippen LogP contribution in [-0.2, 0) is 34.3 Å². The number of aromatic nitrogens is 2. The van der Waals surface area contributed by atoms with Crippen molar-refractivity contribution in [3.63, 3.8) is 0 Å². The number of nitrogens with zero attached hydrogens (tertiary/aromatic N) is 3. The molecule has 32 heavy (non-hydrogen) atoms. The van der Waals surface area contributed by atoms with Crippen LogP contribution in [0.25, 0.3) is 0 Å². The summed E-state index contributed by atoms with van der Waals surface area (Å²) in [7, 11) is -3.76. The van der Waals surface area contributed by atoms with Crippen LogP contribution in [0.1, 0.15) is 29.5 Å². The molecule has 0 saturated carbocycles. The van der Waals surface area contributed by atoms with Crippen molar-refractivity contribution in [2.75, 3.05) is 10.0 Å². The van der Waals surface area contributed by atoms with E-state index in [0.717, 1.165) is 46.2 Å². The first-order valence-electron chi connectivity index (χ1n) is 10.1. The van der Waals surface area contributed by atoms with Gasteiger partial charge in [0.05, 0.1) is 4.90 Å². The number of hydrogen-bond acceptors (Lipinski definition) is 7. The molecular formula is C21H20ClN5O3S2. The van der Waals surface area contributed by atoms with Gasteiger partial charge in [-0.15, -0.1) is 0 Å². The Balaban J connectivity index is 1.24. The van der Waals surface area contributed by atoms with E-state index in [9.17, 15) is 13.2 Å². The number of hydrogen-bond donors (Lipinski definition) is 2. The zero-order valence-electron chi connectivity index (χ0n) is 16.9. The molecule has 5 rings (SSSR count). The van der Waals surface area contributed by atoms with Crippen LogP contribution in [0.5, 0.6) is 0 Å². The Morgan fingerprint density at radius 1 is 1.19 bits per heavy atom. The zero-order valence-corrected chi connectivity index (χ0v) is 19.3. The summed E-state index contributed by atoms with van der Waals surface area (Å²) in [4.78, 5) is 18.7. The van der Waals surface area contributed by atoms with Gasteiger partial charge in [-0.3, -0.25) is 9.52 Å². The van der Waals surface area contributed by atoms with Crippen LogP contribution in [0, 0.1) is 0 Å². The van der Waals surface area contributed by atoms with Crippen molar-refractivity contribution < 1.29 is 13.2 Å². The van der Waals surface area contributed by atoms with Crippen LogP contribution in [-0.4, -0.2) is 34.6 Å². The molecule has 0 saturated heterocycles. The Labute approximate surface area is 194 Å². The van der Waals surface area contributed by atoms with Crippen LogP contribution in [0.3, 0.4) is 0 Å². The molecule has 1 unspecified atom stereocenters. The second-order valence-electron chi connectivity index (χ2n) is 7.92. The smallest absolute Gasteiger partial charge is 0.263 e. The van der Waals surface area contributed by atoms with Crippen molar-refractivity contribution in [3.05, 3.63) is 64.4 Å². The summed E-state index contributed by atoms with van der Waals surface area (Å²) in [5.74, 6) is 0.0486. The number of fused-ring (bicyclic) bond motifs is 2. The zero-order chi connectivity index (χ0) is 22.3. The molecule has 1 amide bonds. The van der Waals surface area contributed by atoms with Crippen molar-refractivity contribution in [2.45, 2.75) is 43.3 Å². The lowest BCUT2D eigenvalue weighted by atomic mass is 9.96. The van der Waals surface area contributed by atoms with E-state index in [2.05, 4.69) is 19.4 Å². The van der Waals surface area contributed by atoms with Gasteiger partial charge in [0.2, 0.25) is 11.0 Å². The monoisotopic (exact) mass is 489 g/mol. The van der Waals surface area contributed by atoms with Crippen molar-refractivity contribution in [1.29, 1.82) is 0 Å². The quantitative estimate of drug-likeness (QED) is 0.567. The van der Waals surface area contributed by atoms with E-state index in [1.807, 2.05) is 18.2 Å². The number of benzene rings is 2. The molecule has 0 spiro atoms. The van der Waals surface area contributed by atoms with Crippen LogP contribution in [0.4, 0.5) is 10.8 Å². The standard InChI is InChI=1S/C21H20ClN5O3S2/c22-16-3-6-19-13(7-16)1-4-17(25-19)9-20(28)27-10-14-2-5-18(8-15(14)11-27)32(29,30)26-21-23-12-24-31-21/h2-3,5-8,12,17,25H,1,4,9-11H2,(H,23,24,26). The van der Waals surface area contributed by atoms with Gasteiger partial charge in [-0.1, -0.05) is 17.7 Å². The predicted molar refractivity (Wildman–Crippen MR) is 123 cm³/mol. The van der Waals surface area contributed by atoms with Crippen LogP contribution in [0.2, 0.25) is 5.02 Å². The lowest BCUT2D eigenvalue weighted by Crippen LogP contribution is -2.34. The molecule has 2 aromatic carbocycles. The van der Waals surface area contributed by atoms with Crippen molar-refractivity contribution >= 4 is 49.9 Å². The minimum Gasteiger partial charge on any atom is -0.382 e. The van der Waals surface area contributed by atoms with Crippen LogP contribution < -0.4 is 10.0 Å². The molecule has 166 valence electrons. The molecular weight excluding hydrogens is 470 g/mol. The van der Waals surface area contributed by atoms with Gasteiger partial charge in [0.25, 0.3) is 10.0 Å². The fraction of sp³-hybridized carbons (Fsp3) is 0.286. The molecule has 3 aromatic rings. The third-order valence-electron chi connectivity index (χ3n) is 5.76. The van der Waals surface area contributed by atoms with Gasteiger partial charge >= 0.3 is 0 Å². The molecule has 2 aliphatic rings. The highest BCUT2D eigenvalue weighted by Crippen LogP contribution is 2.31. The van der Waals surface area contributed by atoms with E-state index in [4.69, 9.17) is 11.6 Å². The van der Waals surface area contributed by atoms with Crippen molar-refractivity contribution in [3.8, 4) is 0 Å². The summed E-state index contributed by atoms with van der Waals surface area (Å²) in [6, 6.07) is 10.8. The van der Waals surface area contributed by atoms with Gasteiger partial charge in [0.1, 0.15) is 6.33 Å². The number of amides is 1. The van der Waals surface area contributed by atoms with Gasteiger partial charge in [0, 0.05) is 47.8 Å². The lowest BCUT2D eigenvalue weighted by Gasteiger charge is -2.28. The Morgan fingerprint density at radius 3 is 2.84 bits per heavy atom. The fourth-order valence-electron chi connectivity index (χ4n) is 4.13. The summed E-state index contributed by atoms with van der Waals surface area (Å²) in [5.41, 5.74) is 4.01. The predicted octanol–water partition coefficient (Wildman–Crippen LogP) is 3.65. The van der Waals surface area contributed by atoms with Crippen molar-refractivity contribution in [2.24, 2.45) is 0 Å². The first-order chi connectivity index (χ1) is 15.4. The molecule has 2 aliphatic heterocycles. The summed E-state index contributed by atoms with van der Waals surface area (Å²) >= 11 is 7.04. The Bertz CT molecular complexity index is 1280. The molecule has 8 nitrogen and oxygen atoms in total. The van der Waals surface area contributed by atoms with Crippen LogP contribution in [0.15, 0.2) is 47.6 Å². The molecule has 1 atom stereocenters. The number of anilines is 2. The number of carbonyl (C=O) groups is 1. The molecule has 0 radical (unpaired) electrons. The molecule has 0 fully saturated rings. The van der Waals surface area contributed by atoms with Crippen LogP contribution >= 0.6 is 23.1 Å². The number of sulfonamides is 1. The maximum atomic E-state index is 13.0. The highest BCUT2D eigenvalue weighted by molar-refractivity contribution is 7.93. The van der Waals surface area contributed by atoms with E-state index in [0.29, 0.717) is 19.5 Å². The van der Waals surface area contributed by atoms with E-state index >= 15 is 0 Å². The SMILES string of the molecule is O=C(CC1CCc2cc(Cl)ccc2N1)N1Cc2ccc(S(=O)(=O)Nc3ncns3)cc2C1. The average molecular weight is 490 g/mol. The van der Waals surface area contributed by atoms with E-state index in [-0.39, 0.29) is 22.0 Å². The number of halogens is 1. The fourth-order valence-corrected chi connectivity index (χ4v) is 6.04. The highest BCUT2D eigenvalue weighted by atomic mass is 35.5. The highest BCUT2D eigenvalue weighted by Gasteiger charge is 2.28. The van der Waals surface area contributed by atoms with E-state index in [1.165, 1.54) is 11.9 Å². The number of carbonyl (C=O) groups excluding carboxylic acids is 1. The first kappa shape index (κ1) is 21.2. The Kier molecular flexibility index (Phi) is 5.52. The lowest BCUT2D eigenvalue weighted by molar-refractivity contribution is -0.132. The summed E-state index contributed by atoms with van der Waals surface area (Å²) in [6.07, 6.45) is 3.42. The topological polar surface area (TPSA) is 104 Å². The van der Waals surface area contributed by atoms with Gasteiger partial charge in [-0.2, -0.15) is 4.37 Å². The molecule has 1 aromatic heterocycles. The number of aryl methyl sites for hydroxylation is 1. The third-order valence-corrected chi connectivity index (χ3v) is 8.04. The minimum atomic E-state index is -3.76. The van der Waals surface area contributed by atoms with Gasteiger partial charge in [0.15, 0.2) is 0 Å². The van der Waals surface area contributed by atoms with Gasteiger partial charge in [-0.05, 0) is 59.9 Å². The first-order valence-corrected chi connectivity index (χ1v) is 12.7. The van der Waals surface area contributed by atoms with Gasteiger partial charge < -0.3 is 10.2 Å². The molecule has 0 aliphatic carbocycles. The normalized spacial score (nSPS) is 17.4. The molecule has 2 N–H and O–H groups in total. The van der Waals surface area contributed by atoms with Gasteiger partial charge in [-0.25, -0.2) is 13.4 Å². The summed E-state index contributed by atoms with van der Waals surface area (Å²) < 4.78 is 31.5. The molecule has 0 bridgehead atoms. The molecule has 11 heteroatoms. The number of rotatable bonds is 5. The maximum Gasteiger partial charge on any atom is 0.263 e. The second-order valence-corrected chi connectivity index (χ2v) is 10.8. The van der Waals surface area contributed by atoms with E-state index in [1.54, 1.807) is 23.1 Å². The van der Waals surface area contributed by atoms with Crippen molar-refractivity contribution in [1.82, 2.24) is 14.3 Å². The molecule has 3 heterocycles. The maximum absolute atomic E-state index is 13.0. The number of nitrogens with one attached hydrogen (secondary N) is 2. The Morgan fingerprint density at radius 2 is 2.03 bits per heavy atom. The minimum absolute atomic E-state index is 0.0486. The Hall–Kier alpha value is -2.69. The largest absolute Gasteiger partial charge is 0.382 e. The summed E-state index contributed by atoms with van der Waals surface area (Å²) in [5, 5.41) is 4.38. The summed E-state index contributed by atoms with van der Waals surface area (Å²) in [6.45, 7) is 0.881. The third kappa shape index (κ3) is 4.30. The second kappa shape index (κ2) is 8.34.